The van der Waals surface area contributed by atoms with E-state index >= 15 is 0 Å². The molecule has 2 aromatic carbocycles. The summed E-state index contributed by atoms with van der Waals surface area (Å²) in [5.74, 6) is 1.56. The number of nitrogens with zero attached hydrogens (tertiary/aromatic N) is 1. The van der Waals surface area contributed by atoms with Gasteiger partial charge in [0.15, 0.2) is 0 Å². The molecule has 0 aromatic heterocycles. The molecule has 3 heteroatoms. The minimum atomic E-state index is 0.751. The van der Waals surface area contributed by atoms with E-state index in [1.54, 1.807) is 0 Å². The molecular formula is C24H33ClN2. The van der Waals surface area contributed by atoms with Gasteiger partial charge in [-0.3, -0.25) is 4.90 Å². The van der Waals surface area contributed by atoms with E-state index in [-0.39, 0.29) is 0 Å². The van der Waals surface area contributed by atoms with Crippen molar-refractivity contribution in [2.45, 2.75) is 45.1 Å². The van der Waals surface area contributed by atoms with Gasteiger partial charge in [-0.2, -0.15) is 0 Å². The van der Waals surface area contributed by atoms with Crippen LogP contribution in [0.4, 0.5) is 0 Å². The Morgan fingerprint density at radius 3 is 2.30 bits per heavy atom. The molecule has 2 nitrogen and oxygen atoms in total. The van der Waals surface area contributed by atoms with E-state index < -0.39 is 0 Å². The lowest BCUT2D eigenvalue weighted by molar-refractivity contribution is 0.174. The van der Waals surface area contributed by atoms with Gasteiger partial charge in [0.25, 0.3) is 0 Å². The first kappa shape index (κ1) is 20.4. The van der Waals surface area contributed by atoms with E-state index in [1.807, 2.05) is 6.07 Å². The molecule has 1 aliphatic carbocycles. The van der Waals surface area contributed by atoms with Crippen molar-refractivity contribution >= 4 is 11.6 Å². The molecule has 1 aliphatic rings. The Labute approximate surface area is 169 Å². The fourth-order valence-corrected chi connectivity index (χ4v) is 4.51. The standard InChI is InChI=1S/C24H33ClN2/c25-24-10-4-8-23(16-24)19-27(15-5-9-20-6-2-1-3-7-20)18-22-13-11-21(17-26)12-14-22/h1-4,6-8,10,16,21-22H,5,9,11-15,17-19,26H2. The zero-order valence-corrected chi connectivity index (χ0v) is 17.1. The largest absolute Gasteiger partial charge is 0.330 e. The quantitative estimate of drug-likeness (QED) is 0.614. The highest BCUT2D eigenvalue weighted by molar-refractivity contribution is 6.30. The van der Waals surface area contributed by atoms with Crippen molar-refractivity contribution in [1.82, 2.24) is 4.90 Å². The van der Waals surface area contributed by atoms with Crippen molar-refractivity contribution in [1.29, 1.82) is 0 Å². The van der Waals surface area contributed by atoms with E-state index in [4.69, 9.17) is 17.3 Å². The number of halogens is 1. The number of aryl methyl sites for hydroxylation is 1. The van der Waals surface area contributed by atoms with E-state index in [1.165, 1.54) is 49.8 Å². The van der Waals surface area contributed by atoms with Gasteiger partial charge in [-0.1, -0.05) is 54.1 Å². The Morgan fingerprint density at radius 1 is 0.889 bits per heavy atom. The highest BCUT2D eigenvalue weighted by Crippen LogP contribution is 2.29. The molecule has 0 amide bonds. The maximum atomic E-state index is 6.21. The molecule has 1 saturated carbocycles. The third kappa shape index (κ3) is 6.95. The number of rotatable bonds is 9. The zero-order chi connectivity index (χ0) is 18.9. The van der Waals surface area contributed by atoms with Crippen molar-refractivity contribution < 1.29 is 0 Å². The molecule has 3 rings (SSSR count). The molecule has 1 fully saturated rings. The van der Waals surface area contributed by atoms with Crippen molar-refractivity contribution in [3.63, 3.8) is 0 Å². The van der Waals surface area contributed by atoms with Gasteiger partial charge in [-0.15, -0.1) is 0 Å². The molecule has 0 atom stereocenters. The Balaban J connectivity index is 1.56. The van der Waals surface area contributed by atoms with Crippen molar-refractivity contribution in [3.8, 4) is 0 Å². The van der Waals surface area contributed by atoms with Crippen LogP contribution in [0.5, 0.6) is 0 Å². The first-order valence-electron chi connectivity index (χ1n) is 10.4. The van der Waals surface area contributed by atoms with Crippen LogP contribution in [0.1, 0.15) is 43.2 Å². The van der Waals surface area contributed by atoms with E-state index in [9.17, 15) is 0 Å². The van der Waals surface area contributed by atoms with Gasteiger partial charge in [0, 0.05) is 18.1 Å². The second kappa shape index (κ2) is 10.8. The van der Waals surface area contributed by atoms with Gasteiger partial charge < -0.3 is 5.73 Å². The Morgan fingerprint density at radius 2 is 1.59 bits per heavy atom. The van der Waals surface area contributed by atoms with Gasteiger partial charge in [0.1, 0.15) is 0 Å². The Bertz CT molecular complexity index is 665. The smallest absolute Gasteiger partial charge is 0.0409 e. The third-order valence-electron chi connectivity index (χ3n) is 5.89. The average molecular weight is 385 g/mol. The monoisotopic (exact) mass is 384 g/mol. The van der Waals surface area contributed by atoms with Crippen LogP contribution < -0.4 is 5.73 Å². The summed E-state index contributed by atoms with van der Waals surface area (Å²) >= 11 is 6.21. The van der Waals surface area contributed by atoms with Gasteiger partial charge in [-0.25, -0.2) is 0 Å². The lowest BCUT2D eigenvalue weighted by Crippen LogP contribution is -2.33. The summed E-state index contributed by atoms with van der Waals surface area (Å²) in [6.07, 6.45) is 7.60. The second-order valence-electron chi connectivity index (χ2n) is 8.08. The first-order valence-corrected chi connectivity index (χ1v) is 10.8. The molecule has 0 spiro atoms. The molecule has 0 unspecified atom stereocenters. The fraction of sp³-hybridized carbons (Fsp3) is 0.500. The Hall–Kier alpha value is -1.35. The summed E-state index contributed by atoms with van der Waals surface area (Å²) in [7, 11) is 0. The summed E-state index contributed by atoms with van der Waals surface area (Å²) in [6, 6.07) is 19.1. The summed E-state index contributed by atoms with van der Waals surface area (Å²) in [4.78, 5) is 2.64. The molecular weight excluding hydrogens is 352 g/mol. The lowest BCUT2D eigenvalue weighted by atomic mass is 9.82. The summed E-state index contributed by atoms with van der Waals surface area (Å²) < 4.78 is 0. The van der Waals surface area contributed by atoms with E-state index in [2.05, 4.69) is 53.4 Å². The van der Waals surface area contributed by atoms with E-state index in [0.717, 1.165) is 42.9 Å². The summed E-state index contributed by atoms with van der Waals surface area (Å²) in [5.41, 5.74) is 8.62. The summed E-state index contributed by atoms with van der Waals surface area (Å²) in [6.45, 7) is 4.18. The van der Waals surface area contributed by atoms with Crippen LogP contribution in [0, 0.1) is 11.8 Å². The lowest BCUT2D eigenvalue weighted by Gasteiger charge is -2.32. The van der Waals surface area contributed by atoms with Gasteiger partial charge in [-0.05, 0) is 86.7 Å². The van der Waals surface area contributed by atoms with Gasteiger partial charge in [0.05, 0.1) is 0 Å². The first-order chi connectivity index (χ1) is 13.2. The van der Waals surface area contributed by atoms with Gasteiger partial charge in [0.2, 0.25) is 0 Å². The zero-order valence-electron chi connectivity index (χ0n) is 16.3. The van der Waals surface area contributed by atoms with Crippen molar-refractivity contribution in [2.24, 2.45) is 17.6 Å². The molecule has 2 aromatic rings. The van der Waals surface area contributed by atoms with Gasteiger partial charge >= 0.3 is 0 Å². The molecule has 0 radical (unpaired) electrons. The fourth-order valence-electron chi connectivity index (χ4n) is 4.29. The van der Waals surface area contributed by atoms with Crippen molar-refractivity contribution in [3.05, 3.63) is 70.7 Å². The highest BCUT2D eigenvalue weighted by atomic mass is 35.5. The predicted molar refractivity (Wildman–Crippen MR) is 116 cm³/mol. The number of benzene rings is 2. The molecule has 0 saturated heterocycles. The van der Waals surface area contributed by atoms with Crippen LogP contribution in [0.3, 0.4) is 0 Å². The minimum absolute atomic E-state index is 0.751. The molecule has 0 bridgehead atoms. The maximum absolute atomic E-state index is 6.21. The van der Waals surface area contributed by atoms with Crippen LogP contribution in [-0.4, -0.2) is 24.5 Å². The maximum Gasteiger partial charge on any atom is 0.0409 e. The van der Waals surface area contributed by atoms with Crippen LogP contribution in [0.25, 0.3) is 0 Å². The normalized spacial score (nSPS) is 20.1. The SMILES string of the molecule is NCC1CCC(CN(CCCc2ccccc2)Cc2cccc(Cl)c2)CC1. The minimum Gasteiger partial charge on any atom is -0.330 e. The second-order valence-corrected chi connectivity index (χ2v) is 8.51. The highest BCUT2D eigenvalue weighted by Gasteiger charge is 2.22. The van der Waals surface area contributed by atoms with Crippen molar-refractivity contribution in [2.75, 3.05) is 19.6 Å². The Kier molecular flexibility index (Phi) is 8.19. The molecule has 2 N–H and O–H groups in total. The third-order valence-corrected chi connectivity index (χ3v) is 6.13. The number of hydrogen-bond acceptors (Lipinski definition) is 2. The molecule has 27 heavy (non-hydrogen) atoms. The number of hydrogen-bond donors (Lipinski definition) is 1. The molecule has 0 heterocycles. The number of nitrogens with two attached hydrogens (primary N) is 1. The van der Waals surface area contributed by atoms with E-state index in [0.29, 0.717) is 0 Å². The average Bonchev–Trinajstić information content (AvgIpc) is 2.69. The topological polar surface area (TPSA) is 29.3 Å². The van der Waals surface area contributed by atoms with Crippen LogP contribution >= 0.6 is 11.6 Å². The molecule has 0 aliphatic heterocycles. The molecule has 146 valence electrons. The summed E-state index contributed by atoms with van der Waals surface area (Å²) in [5, 5.41) is 0.834. The van der Waals surface area contributed by atoms with Crippen LogP contribution in [-0.2, 0) is 13.0 Å². The predicted octanol–water partition coefficient (Wildman–Crippen LogP) is 5.54. The van der Waals surface area contributed by atoms with Crippen LogP contribution in [0.15, 0.2) is 54.6 Å². The van der Waals surface area contributed by atoms with Crippen LogP contribution in [0.2, 0.25) is 5.02 Å².